The van der Waals surface area contributed by atoms with Crippen LogP contribution in [0, 0.1) is 0 Å². The van der Waals surface area contributed by atoms with Gasteiger partial charge in [0, 0.05) is 22.4 Å². The van der Waals surface area contributed by atoms with Crippen LogP contribution in [0.1, 0.15) is 10.9 Å². The first kappa shape index (κ1) is 12.6. The largest absolute Gasteiger partial charge is 0.395 e. The Kier molecular flexibility index (Phi) is 5.58. The summed E-state index contributed by atoms with van der Waals surface area (Å²) in [5.74, 6) is 0. The molecule has 1 unspecified atom stereocenters. The van der Waals surface area contributed by atoms with Crippen LogP contribution in [0.4, 0.5) is 0 Å². The molecule has 14 heavy (non-hydrogen) atoms. The van der Waals surface area contributed by atoms with Crippen molar-refractivity contribution < 1.29 is 5.11 Å². The maximum atomic E-state index is 8.70. The Morgan fingerprint density at radius 3 is 2.71 bits per heavy atom. The highest BCUT2D eigenvalue weighted by Gasteiger charge is 2.13. The van der Waals surface area contributed by atoms with Gasteiger partial charge in [-0.2, -0.15) is 0 Å². The van der Waals surface area contributed by atoms with E-state index in [1.165, 1.54) is 4.88 Å². The maximum Gasteiger partial charge on any atom is 0.0843 e. The number of hydrogen-bond donors (Lipinski definition) is 3. The van der Waals surface area contributed by atoms with E-state index in [0.29, 0.717) is 13.1 Å². The van der Waals surface area contributed by atoms with E-state index in [4.69, 9.17) is 10.8 Å². The fraction of sp³-hybridized carbons (Fsp3) is 0.500. The monoisotopic (exact) mass is 342 g/mol. The number of hydrogen-bond acceptors (Lipinski definition) is 4. The summed E-state index contributed by atoms with van der Waals surface area (Å²) in [6, 6.07) is 2.16. The lowest BCUT2D eigenvalue weighted by atomic mass is 10.2. The third-order valence-electron chi connectivity index (χ3n) is 1.75. The van der Waals surface area contributed by atoms with Gasteiger partial charge in [0.1, 0.15) is 0 Å². The molecular weight excluding hydrogens is 332 g/mol. The van der Waals surface area contributed by atoms with Gasteiger partial charge in [-0.05, 0) is 37.9 Å². The third kappa shape index (κ3) is 3.29. The summed E-state index contributed by atoms with van der Waals surface area (Å²) in [5, 5.41) is 11.9. The Balaban J connectivity index is 2.68. The number of thiophene rings is 1. The van der Waals surface area contributed by atoms with E-state index < -0.39 is 0 Å². The zero-order valence-corrected chi connectivity index (χ0v) is 11.5. The molecule has 1 atom stereocenters. The summed E-state index contributed by atoms with van der Waals surface area (Å²) >= 11 is 8.51. The molecule has 1 aromatic heterocycles. The SMILES string of the molecule is NCC(NCCO)c1cc(Br)c(Br)s1. The fourth-order valence-corrected chi connectivity index (χ4v) is 3.25. The predicted octanol–water partition coefficient (Wildman–Crippen LogP) is 1.85. The molecule has 0 aliphatic carbocycles. The lowest BCUT2D eigenvalue weighted by Gasteiger charge is -2.13. The molecule has 0 amide bonds. The molecule has 80 valence electrons. The van der Waals surface area contributed by atoms with Gasteiger partial charge in [-0.3, -0.25) is 0 Å². The van der Waals surface area contributed by atoms with Crippen molar-refractivity contribution in [3.05, 3.63) is 19.2 Å². The molecule has 6 heteroatoms. The Morgan fingerprint density at radius 1 is 1.57 bits per heavy atom. The van der Waals surface area contributed by atoms with E-state index in [2.05, 4.69) is 37.2 Å². The van der Waals surface area contributed by atoms with E-state index in [9.17, 15) is 0 Å². The number of nitrogens with two attached hydrogens (primary N) is 1. The van der Waals surface area contributed by atoms with Gasteiger partial charge < -0.3 is 16.2 Å². The van der Waals surface area contributed by atoms with Gasteiger partial charge in [-0.1, -0.05) is 0 Å². The highest BCUT2D eigenvalue weighted by Crippen LogP contribution is 2.35. The molecule has 3 nitrogen and oxygen atoms in total. The Morgan fingerprint density at radius 2 is 2.29 bits per heavy atom. The summed E-state index contributed by atoms with van der Waals surface area (Å²) in [5.41, 5.74) is 5.64. The minimum absolute atomic E-state index is 0.120. The minimum Gasteiger partial charge on any atom is -0.395 e. The normalized spacial score (nSPS) is 13.1. The average Bonchev–Trinajstić information content (AvgIpc) is 2.48. The van der Waals surface area contributed by atoms with Crippen molar-refractivity contribution in [2.24, 2.45) is 5.73 Å². The van der Waals surface area contributed by atoms with Crippen LogP contribution in [0.15, 0.2) is 14.3 Å². The van der Waals surface area contributed by atoms with Crippen LogP contribution < -0.4 is 11.1 Å². The van der Waals surface area contributed by atoms with E-state index in [1.54, 1.807) is 11.3 Å². The van der Waals surface area contributed by atoms with Crippen molar-refractivity contribution in [3.8, 4) is 0 Å². The molecule has 0 aliphatic heterocycles. The number of rotatable bonds is 5. The molecule has 0 radical (unpaired) electrons. The van der Waals surface area contributed by atoms with E-state index in [0.717, 1.165) is 8.26 Å². The van der Waals surface area contributed by atoms with Crippen LogP contribution in [-0.2, 0) is 0 Å². The number of aliphatic hydroxyl groups excluding tert-OH is 1. The van der Waals surface area contributed by atoms with Crippen LogP contribution in [0.25, 0.3) is 0 Å². The molecule has 0 spiro atoms. The molecule has 1 aromatic rings. The second-order valence-corrected chi connectivity index (χ2v) is 5.99. The molecule has 0 bridgehead atoms. The molecule has 1 heterocycles. The Labute approximate surface area is 104 Å². The van der Waals surface area contributed by atoms with Gasteiger partial charge >= 0.3 is 0 Å². The second kappa shape index (κ2) is 6.19. The summed E-state index contributed by atoms with van der Waals surface area (Å²) in [4.78, 5) is 1.17. The zero-order valence-electron chi connectivity index (χ0n) is 7.46. The van der Waals surface area contributed by atoms with E-state index in [1.807, 2.05) is 6.07 Å². The van der Waals surface area contributed by atoms with Crippen LogP contribution >= 0.6 is 43.2 Å². The van der Waals surface area contributed by atoms with Crippen LogP contribution in [0.2, 0.25) is 0 Å². The first-order chi connectivity index (χ1) is 6.69. The molecule has 0 saturated carbocycles. The van der Waals surface area contributed by atoms with Gasteiger partial charge in [-0.15, -0.1) is 11.3 Å². The fourth-order valence-electron chi connectivity index (χ4n) is 1.07. The Hall–Kier alpha value is 0.540. The smallest absolute Gasteiger partial charge is 0.0843 e. The summed E-state index contributed by atoms with van der Waals surface area (Å²) in [6.07, 6.45) is 0. The predicted molar refractivity (Wildman–Crippen MR) is 66.6 cm³/mol. The van der Waals surface area contributed by atoms with Crippen molar-refractivity contribution in [3.63, 3.8) is 0 Å². The lowest BCUT2D eigenvalue weighted by molar-refractivity contribution is 0.285. The standard InChI is InChI=1S/C8H12Br2N2OS/c9-5-3-7(14-8(5)10)6(4-11)12-1-2-13/h3,6,12-13H,1-2,4,11H2. The minimum atomic E-state index is 0.120. The quantitative estimate of drug-likeness (QED) is 0.764. The van der Waals surface area contributed by atoms with Gasteiger partial charge in [0.2, 0.25) is 0 Å². The first-order valence-corrected chi connectivity index (χ1v) is 6.58. The first-order valence-electron chi connectivity index (χ1n) is 4.18. The van der Waals surface area contributed by atoms with E-state index >= 15 is 0 Å². The summed E-state index contributed by atoms with van der Waals surface area (Å²) in [7, 11) is 0. The highest BCUT2D eigenvalue weighted by molar-refractivity contribution is 9.13. The topological polar surface area (TPSA) is 58.3 Å². The number of aliphatic hydroxyl groups is 1. The molecule has 0 aromatic carbocycles. The van der Waals surface area contributed by atoms with Gasteiger partial charge in [-0.25, -0.2) is 0 Å². The van der Waals surface area contributed by atoms with Crippen LogP contribution in [0.3, 0.4) is 0 Å². The summed E-state index contributed by atoms with van der Waals surface area (Å²) in [6.45, 7) is 1.22. The molecular formula is C8H12Br2N2OS. The average molecular weight is 344 g/mol. The van der Waals surface area contributed by atoms with Crippen molar-refractivity contribution >= 4 is 43.2 Å². The van der Waals surface area contributed by atoms with Gasteiger partial charge in [0.15, 0.2) is 0 Å². The third-order valence-corrected chi connectivity index (χ3v) is 5.12. The lowest BCUT2D eigenvalue weighted by Crippen LogP contribution is -2.29. The zero-order chi connectivity index (χ0) is 10.6. The molecule has 4 N–H and O–H groups in total. The molecule has 1 rings (SSSR count). The van der Waals surface area contributed by atoms with E-state index in [-0.39, 0.29) is 12.6 Å². The highest BCUT2D eigenvalue weighted by atomic mass is 79.9. The van der Waals surface area contributed by atoms with Gasteiger partial charge in [0.05, 0.1) is 16.4 Å². The maximum absolute atomic E-state index is 8.70. The van der Waals surface area contributed by atoms with Gasteiger partial charge in [0.25, 0.3) is 0 Å². The van der Waals surface area contributed by atoms with Crippen molar-refractivity contribution in [1.82, 2.24) is 5.32 Å². The van der Waals surface area contributed by atoms with Crippen molar-refractivity contribution in [2.75, 3.05) is 19.7 Å². The molecule has 0 saturated heterocycles. The van der Waals surface area contributed by atoms with Crippen molar-refractivity contribution in [1.29, 1.82) is 0 Å². The molecule has 0 aliphatic rings. The van der Waals surface area contributed by atoms with Crippen LogP contribution in [-0.4, -0.2) is 24.8 Å². The Bertz CT molecular complexity index is 273. The van der Waals surface area contributed by atoms with Crippen molar-refractivity contribution in [2.45, 2.75) is 6.04 Å². The second-order valence-electron chi connectivity index (χ2n) is 2.74. The summed E-state index contributed by atoms with van der Waals surface area (Å²) < 4.78 is 2.11. The number of nitrogens with one attached hydrogen (secondary N) is 1. The van der Waals surface area contributed by atoms with Crippen LogP contribution in [0.5, 0.6) is 0 Å². The number of halogens is 2. The molecule has 0 fully saturated rings.